The Bertz CT molecular complexity index is 948. The average Bonchev–Trinajstić information content (AvgIpc) is 3.30. The molecule has 3 nitrogen and oxygen atoms in total. The van der Waals surface area contributed by atoms with Crippen LogP contribution in [0.1, 0.15) is 22.9 Å². The van der Waals surface area contributed by atoms with Crippen LogP contribution < -0.4 is 4.90 Å². The number of hydrogen-bond donors (Lipinski definition) is 0. The van der Waals surface area contributed by atoms with Crippen LogP contribution in [0.2, 0.25) is 0 Å². The number of anilines is 1. The number of ether oxygens (including phenoxy) is 1. The van der Waals surface area contributed by atoms with Gasteiger partial charge in [-0.25, -0.2) is 0 Å². The number of hydrogen-bond acceptors (Lipinski definition) is 2. The quantitative estimate of drug-likeness (QED) is 0.617. The van der Waals surface area contributed by atoms with Crippen LogP contribution in [0, 0.1) is 6.92 Å². The van der Waals surface area contributed by atoms with Gasteiger partial charge in [0.15, 0.2) is 6.23 Å². The molecule has 0 bridgehead atoms. The normalized spacial score (nSPS) is 17.5. The fraction of sp³-hybridized carbons (Fsp3) is 0.238. The van der Waals surface area contributed by atoms with E-state index in [1.54, 1.807) is 18.5 Å². The molecule has 0 amide bonds. The number of nitrogens with zero attached hydrogens (tertiary/aromatic N) is 2. The van der Waals surface area contributed by atoms with Gasteiger partial charge in [-0.1, -0.05) is 24.3 Å². The third kappa shape index (κ3) is 3.45. The standard InChI is InChI=1S/C21H19F3N2O/c1-15-5-4-6-17(13-15)26-11-12-27-20(26)16-9-10-25(14-16)19-8-3-2-7-18(19)21(22,23)24/h2-10,13-14,20H,11-12H2,1H3/t20-/m0/s1. The Morgan fingerprint density at radius 3 is 2.63 bits per heavy atom. The van der Waals surface area contributed by atoms with Gasteiger partial charge in [0, 0.05) is 30.2 Å². The van der Waals surface area contributed by atoms with Crippen LogP contribution in [0.25, 0.3) is 5.69 Å². The molecule has 1 aromatic heterocycles. The summed E-state index contributed by atoms with van der Waals surface area (Å²) in [6.07, 6.45) is -1.36. The molecular formula is C21H19F3N2O. The van der Waals surface area contributed by atoms with Crippen molar-refractivity contribution in [1.82, 2.24) is 4.57 Å². The van der Waals surface area contributed by atoms with Crippen LogP contribution in [0.4, 0.5) is 18.9 Å². The second-order valence-electron chi connectivity index (χ2n) is 6.62. The molecule has 2 heterocycles. The Morgan fingerprint density at radius 2 is 1.85 bits per heavy atom. The lowest BCUT2D eigenvalue weighted by Crippen LogP contribution is -2.23. The van der Waals surface area contributed by atoms with Gasteiger partial charge in [0.2, 0.25) is 0 Å². The van der Waals surface area contributed by atoms with E-state index >= 15 is 0 Å². The minimum Gasteiger partial charge on any atom is -0.352 e. The Morgan fingerprint density at radius 1 is 1.04 bits per heavy atom. The lowest BCUT2D eigenvalue weighted by molar-refractivity contribution is -0.137. The maximum Gasteiger partial charge on any atom is 0.418 e. The van der Waals surface area contributed by atoms with Crippen LogP contribution in [0.15, 0.2) is 67.0 Å². The number of halogens is 3. The molecule has 27 heavy (non-hydrogen) atoms. The van der Waals surface area contributed by atoms with Crippen molar-refractivity contribution in [2.45, 2.75) is 19.3 Å². The second-order valence-corrected chi connectivity index (χ2v) is 6.62. The highest BCUT2D eigenvalue weighted by molar-refractivity contribution is 5.51. The van der Waals surface area contributed by atoms with E-state index in [4.69, 9.17) is 4.74 Å². The average molecular weight is 372 g/mol. The van der Waals surface area contributed by atoms with Crippen molar-refractivity contribution in [3.8, 4) is 5.69 Å². The van der Waals surface area contributed by atoms with Gasteiger partial charge < -0.3 is 14.2 Å². The summed E-state index contributed by atoms with van der Waals surface area (Å²) in [5.41, 5.74) is 2.47. The second kappa shape index (κ2) is 6.78. The van der Waals surface area contributed by atoms with Crippen LogP contribution in [0.3, 0.4) is 0 Å². The number of aryl methyl sites for hydroxylation is 1. The van der Waals surface area contributed by atoms with Gasteiger partial charge in [0.25, 0.3) is 0 Å². The predicted molar refractivity (Wildman–Crippen MR) is 98.0 cm³/mol. The van der Waals surface area contributed by atoms with Crippen molar-refractivity contribution in [2.75, 3.05) is 18.1 Å². The van der Waals surface area contributed by atoms with Crippen molar-refractivity contribution >= 4 is 5.69 Å². The molecule has 0 radical (unpaired) electrons. The van der Waals surface area contributed by atoms with E-state index in [0.717, 1.165) is 29.4 Å². The highest BCUT2D eigenvalue weighted by atomic mass is 19.4. The zero-order valence-corrected chi connectivity index (χ0v) is 14.8. The van der Waals surface area contributed by atoms with Gasteiger partial charge in [-0.2, -0.15) is 13.2 Å². The first-order valence-corrected chi connectivity index (χ1v) is 8.73. The van der Waals surface area contributed by atoms with E-state index in [1.807, 2.05) is 31.2 Å². The van der Waals surface area contributed by atoms with Gasteiger partial charge in [-0.05, 0) is 42.8 Å². The largest absolute Gasteiger partial charge is 0.418 e. The third-order valence-corrected chi connectivity index (χ3v) is 4.71. The molecule has 4 rings (SSSR count). The monoisotopic (exact) mass is 372 g/mol. The molecule has 0 unspecified atom stereocenters. The smallest absolute Gasteiger partial charge is 0.352 e. The maximum absolute atomic E-state index is 13.3. The summed E-state index contributed by atoms with van der Waals surface area (Å²) in [6, 6.07) is 15.5. The van der Waals surface area contributed by atoms with E-state index in [1.165, 1.54) is 16.7 Å². The summed E-state index contributed by atoms with van der Waals surface area (Å²) in [6.45, 7) is 3.33. The summed E-state index contributed by atoms with van der Waals surface area (Å²) in [7, 11) is 0. The Hall–Kier alpha value is -2.73. The van der Waals surface area contributed by atoms with Crippen molar-refractivity contribution in [2.24, 2.45) is 0 Å². The molecule has 3 aromatic rings. The lowest BCUT2D eigenvalue weighted by atomic mass is 10.1. The fourth-order valence-corrected chi connectivity index (χ4v) is 3.46. The first kappa shape index (κ1) is 17.7. The number of rotatable bonds is 3. The molecule has 1 saturated heterocycles. The molecule has 6 heteroatoms. The zero-order chi connectivity index (χ0) is 19.0. The Kier molecular flexibility index (Phi) is 4.44. The Balaban J connectivity index is 1.67. The van der Waals surface area contributed by atoms with Crippen molar-refractivity contribution in [1.29, 1.82) is 0 Å². The molecule has 1 aliphatic heterocycles. The van der Waals surface area contributed by atoms with Gasteiger partial charge in [0.05, 0.1) is 17.9 Å². The van der Waals surface area contributed by atoms with Crippen LogP contribution in [-0.4, -0.2) is 17.7 Å². The van der Waals surface area contributed by atoms with Crippen molar-refractivity contribution in [3.05, 3.63) is 83.7 Å². The molecule has 0 saturated carbocycles. The highest BCUT2D eigenvalue weighted by Crippen LogP contribution is 2.36. The van der Waals surface area contributed by atoms with Gasteiger partial charge in [-0.3, -0.25) is 0 Å². The summed E-state index contributed by atoms with van der Waals surface area (Å²) >= 11 is 0. The predicted octanol–water partition coefficient (Wildman–Crippen LogP) is 5.34. The Labute approximate surface area is 155 Å². The van der Waals surface area contributed by atoms with E-state index in [9.17, 15) is 13.2 Å². The third-order valence-electron chi connectivity index (χ3n) is 4.71. The van der Waals surface area contributed by atoms with Crippen LogP contribution in [-0.2, 0) is 10.9 Å². The van der Waals surface area contributed by atoms with Gasteiger partial charge in [-0.15, -0.1) is 0 Å². The number of alkyl halides is 3. The summed E-state index contributed by atoms with van der Waals surface area (Å²) in [5.74, 6) is 0. The van der Waals surface area contributed by atoms with E-state index in [-0.39, 0.29) is 11.9 Å². The molecule has 0 N–H and O–H groups in total. The molecule has 1 atom stereocenters. The number of aromatic nitrogens is 1. The molecule has 0 aliphatic carbocycles. The first-order valence-electron chi connectivity index (χ1n) is 8.73. The highest BCUT2D eigenvalue weighted by Gasteiger charge is 2.34. The topological polar surface area (TPSA) is 17.4 Å². The summed E-state index contributed by atoms with van der Waals surface area (Å²) < 4.78 is 47.3. The molecular weight excluding hydrogens is 353 g/mol. The molecule has 1 fully saturated rings. The van der Waals surface area contributed by atoms with Crippen LogP contribution >= 0.6 is 0 Å². The summed E-state index contributed by atoms with van der Waals surface area (Å²) in [4.78, 5) is 2.13. The zero-order valence-electron chi connectivity index (χ0n) is 14.8. The molecule has 1 aliphatic rings. The molecule has 140 valence electrons. The van der Waals surface area contributed by atoms with Gasteiger partial charge >= 0.3 is 6.18 Å². The lowest BCUT2D eigenvalue weighted by Gasteiger charge is -2.25. The minimum absolute atomic E-state index is 0.108. The summed E-state index contributed by atoms with van der Waals surface area (Å²) in [5, 5.41) is 0. The van der Waals surface area contributed by atoms with Crippen molar-refractivity contribution in [3.63, 3.8) is 0 Å². The van der Waals surface area contributed by atoms with Gasteiger partial charge in [0.1, 0.15) is 0 Å². The van der Waals surface area contributed by atoms with Crippen LogP contribution in [0.5, 0.6) is 0 Å². The molecule has 2 aromatic carbocycles. The first-order chi connectivity index (χ1) is 12.9. The van der Waals surface area contributed by atoms with E-state index in [2.05, 4.69) is 11.0 Å². The maximum atomic E-state index is 13.3. The SMILES string of the molecule is Cc1cccc(N2CCO[C@H]2c2ccn(-c3ccccc3C(F)(F)F)c2)c1. The minimum atomic E-state index is -4.40. The fourth-order valence-electron chi connectivity index (χ4n) is 3.46. The van der Waals surface area contributed by atoms with Crippen molar-refractivity contribution < 1.29 is 17.9 Å². The number of para-hydroxylation sites is 1. The van der Waals surface area contributed by atoms with E-state index < -0.39 is 11.7 Å². The molecule has 0 spiro atoms. The van der Waals surface area contributed by atoms with E-state index in [0.29, 0.717) is 6.61 Å². The number of benzene rings is 2.